The molecule has 4 rings (SSSR count). The van der Waals surface area contributed by atoms with Crippen LogP contribution in [0, 0.1) is 0 Å². The van der Waals surface area contributed by atoms with Crippen LogP contribution >= 0.6 is 0 Å². The molecule has 1 unspecified atom stereocenters. The molecule has 5 nitrogen and oxygen atoms in total. The fourth-order valence-corrected chi connectivity index (χ4v) is 3.35. The van der Waals surface area contributed by atoms with Crippen molar-refractivity contribution in [1.29, 1.82) is 0 Å². The molecule has 1 atom stereocenters. The van der Waals surface area contributed by atoms with Crippen LogP contribution in [-0.4, -0.2) is 20.1 Å². The summed E-state index contributed by atoms with van der Waals surface area (Å²) in [6.45, 7) is 0. The quantitative estimate of drug-likeness (QED) is 0.427. The average molecular weight is 413 g/mol. The van der Waals surface area contributed by atoms with E-state index in [1.54, 1.807) is 20.3 Å². The zero-order valence-electron chi connectivity index (χ0n) is 17.4. The number of amides is 1. The number of carbonyl (C=O) groups is 1. The lowest BCUT2D eigenvalue weighted by atomic mass is 10.1. The number of ether oxygens (including phenoxy) is 3. The van der Waals surface area contributed by atoms with E-state index in [4.69, 9.17) is 14.2 Å². The van der Waals surface area contributed by atoms with E-state index in [-0.39, 0.29) is 5.91 Å². The Morgan fingerprint density at radius 1 is 0.710 bits per heavy atom. The average Bonchev–Trinajstić information content (AvgIpc) is 2.82. The van der Waals surface area contributed by atoms with Crippen molar-refractivity contribution in [3.05, 3.63) is 96.6 Å². The van der Waals surface area contributed by atoms with Crippen molar-refractivity contribution in [2.24, 2.45) is 0 Å². The summed E-state index contributed by atoms with van der Waals surface area (Å²) in [6.07, 6.45) is -0.824. The maximum atomic E-state index is 13.2. The molecule has 5 heteroatoms. The van der Waals surface area contributed by atoms with E-state index in [9.17, 15) is 4.79 Å². The van der Waals surface area contributed by atoms with Gasteiger partial charge in [-0.25, -0.2) is 0 Å². The topological polar surface area (TPSA) is 56.8 Å². The number of fused-ring (bicyclic) bond motifs is 1. The van der Waals surface area contributed by atoms with E-state index >= 15 is 0 Å². The number of anilines is 1. The van der Waals surface area contributed by atoms with Gasteiger partial charge in [-0.2, -0.15) is 0 Å². The van der Waals surface area contributed by atoms with Crippen LogP contribution in [0.25, 0.3) is 10.8 Å². The standard InChI is InChI=1S/C26H23NO4/c1-29-22-10-6-9-21(17-22)27-26(28)25(19-7-4-3-5-8-19)31-24-14-12-18-11-13-23(30-2)15-20(18)16-24/h3-17,25H,1-2H3,(H,27,28). The van der Waals surface area contributed by atoms with Gasteiger partial charge in [-0.1, -0.05) is 48.5 Å². The highest BCUT2D eigenvalue weighted by molar-refractivity contribution is 5.95. The highest BCUT2D eigenvalue weighted by Crippen LogP contribution is 2.29. The molecule has 156 valence electrons. The molecule has 4 aromatic carbocycles. The van der Waals surface area contributed by atoms with Crippen molar-refractivity contribution < 1.29 is 19.0 Å². The molecular weight excluding hydrogens is 390 g/mol. The molecular formula is C26H23NO4. The van der Waals surface area contributed by atoms with Crippen LogP contribution in [0.3, 0.4) is 0 Å². The lowest BCUT2D eigenvalue weighted by Crippen LogP contribution is -2.25. The summed E-state index contributed by atoms with van der Waals surface area (Å²) in [7, 11) is 3.22. The first kappa shape index (κ1) is 20.3. The van der Waals surface area contributed by atoms with Gasteiger partial charge in [0.15, 0.2) is 0 Å². The fraction of sp³-hybridized carbons (Fsp3) is 0.115. The summed E-state index contributed by atoms with van der Waals surface area (Å²) in [5.74, 6) is 1.75. The van der Waals surface area contributed by atoms with E-state index in [0.29, 0.717) is 17.2 Å². The Balaban J connectivity index is 1.63. The van der Waals surface area contributed by atoms with Gasteiger partial charge in [-0.3, -0.25) is 4.79 Å². The molecule has 0 saturated heterocycles. The molecule has 1 amide bonds. The number of methoxy groups -OCH3 is 2. The SMILES string of the molecule is COc1cccc(NC(=O)C(Oc2ccc3ccc(OC)cc3c2)c2ccccc2)c1. The Bertz CT molecular complexity index is 1190. The highest BCUT2D eigenvalue weighted by Gasteiger charge is 2.23. The molecule has 0 radical (unpaired) electrons. The molecule has 4 aromatic rings. The summed E-state index contributed by atoms with van der Waals surface area (Å²) >= 11 is 0. The van der Waals surface area contributed by atoms with Crippen molar-refractivity contribution >= 4 is 22.4 Å². The van der Waals surface area contributed by atoms with E-state index in [1.165, 1.54) is 0 Å². The van der Waals surface area contributed by atoms with Crippen LogP contribution in [0.5, 0.6) is 17.2 Å². The van der Waals surface area contributed by atoms with Crippen molar-refractivity contribution in [1.82, 2.24) is 0 Å². The van der Waals surface area contributed by atoms with Gasteiger partial charge in [0.05, 0.1) is 14.2 Å². The van der Waals surface area contributed by atoms with Gasteiger partial charge in [0, 0.05) is 17.3 Å². The zero-order valence-corrected chi connectivity index (χ0v) is 17.4. The van der Waals surface area contributed by atoms with Gasteiger partial charge >= 0.3 is 0 Å². The summed E-state index contributed by atoms with van der Waals surface area (Å²) in [5, 5.41) is 4.96. The van der Waals surface area contributed by atoms with Gasteiger partial charge in [-0.15, -0.1) is 0 Å². The van der Waals surface area contributed by atoms with Gasteiger partial charge in [0.25, 0.3) is 5.91 Å². The predicted molar refractivity (Wildman–Crippen MR) is 122 cm³/mol. The monoisotopic (exact) mass is 413 g/mol. The molecule has 0 fully saturated rings. The molecule has 31 heavy (non-hydrogen) atoms. The van der Waals surface area contributed by atoms with E-state index in [1.807, 2.05) is 84.9 Å². The van der Waals surface area contributed by atoms with Gasteiger partial charge in [0.2, 0.25) is 6.10 Å². The third kappa shape index (κ3) is 4.78. The molecule has 0 aliphatic carbocycles. The molecule has 0 saturated carbocycles. The van der Waals surface area contributed by atoms with Crippen LogP contribution in [0.2, 0.25) is 0 Å². The summed E-state index contributed by atoms with van der Waals surface area (Å²) in [4.78, 5) is 13.2. The Hall–Kier alpha value is -3.99. The smallest absolute Gasteiger partial charge is 0.270 e. The molecule has 0 spiro atoms. The van der Waals surface area contributed by atoms with Crippen LogP contribution < -0.4 is 19.5 Å². The van der Waals surface area contributed by atoms with Gasteiger partial charge in [0.1, 0.15) is 17.2 Å². The first-order valence-corrected chi connectivity index (χ1v) is 9.90. The second-order valence-electron chi connectivity index (χ2n) is 7.00. The Labute approximate surface area is 181 Å². The van der Waals surface area contributed by atoms with Gasteiger partial charge in [-0.05, 0) is 47.2 Å². The number of rotatable bonds is 7. The van der Waals surface area contributed by atoms with Crippen molar-refractivity contribution in [3.63, 3.8) is 0 Å². The summed E-state index contributed by atoms with van der Waals surface area (Å²) < 4.78 is 16.8. The van der Waals surface area contributed by atoms with Gasteiger partial charge < -0.3 is 19.5 Å². The Morgan fingerprint density at radius 3 is 2.13 bits per heavy atom. The minimum Gasteiger partial charge on any atom is -0.497 e. The maximum Gasteiger partial charge on any atom is 0.270 e. The van der Waals surface area contributed by atoms with Crippen molar-refractivity contribution in [2.45, 2.75) is 6.10 Å². The second kappa shape index (κ2) is 9.22. The Kier molecular flexibility index (Phi) is 6.03. The number of carbonyl (C=O) groups excluding carboxylic acids is 1. The predicted octanol–water partition coefficient (Wildman–Crippen LogP) is 5.62. The van der Waals surface area contributed by atoms with E-state index in [0.717, 1.165) is 22.1 Å². The number of benzene rings is 4. The highest BCUT2D eigenvalue weighted by atomic mass is 16.5. The molecule has 0 aromatic heterocycles. The third-order valence-electron chi connectivity index (χ3n) is 4.95. The number of nitrogens with one attached hydrogen (secondary N) is 1. The summed E-state index contributed by atoms with van der Waals surface area (Å²) in [5.41, 5.74) is 1.39. The van der Waals surface area contributed by atoms with Crippen LogP contribution in [0.1, 0.15) is 11.7 Å². The van der Waals surface area contributed by atoms with Crippen molar-refractivity contribution in [3.8, 4) is 17.2 Å². The molecule has 1 N–H and O–H groups in total. The second-order valence-corrected chi connectivity index (χ2v) is 7.00. The van der Waals surface area contributed by atoms with Crippen LogP contribution in [-0.2, 0) is 4.79 Å². The lowest BCUT2D eigenvalue weighted by Gasteiger charge is -2.20. The third-order valence-corrected chi connectivity index (χ3v) is 4.95. The Morgan fingerprint density at radius 2 is 1.39 bits per heavy atom. The fourth-order valence-electron chi connectivity index (χ4n) is 3.35. The molecule has 0 bridgehead atoms. The summed E-state index contributed by atoms with van der Waals surface area (Å²) in [6, 6.07) is 28.2. The minimum absolute atomic E-state index is 0.273. The molecule has 0 heterocycles. The normalized spacial score (nSPS) is 11.5. The van der Waals surface area contributed by atoms with Crippen LogP contribution in [0.15, 0.2) is 91.0 Å². The number of hydrogen-bond acceptors (Lipinski definition) is 4. The lowest BCUT2D eigenvalue weighted by molar-refractivity contribution is -0.123. The minimum atomic E-state index is -0.824. The molecule has 0 aliphatic rings. The zero-order chi connectivity index (χ0) is 21.6. The van der Waals surface area contributed by atoms with E-state index in [2.05, 4.69) is 5.32 Å². The van der Waals surface area contributed by atoms with Crippen molar-refractivity contribution in [2.75, 3.05) is 19.5 Å². The van der Waals surface area contributed by atoms with E-state index < -0.39 is 6.10 Å². The van der Waals surface area contributed by atoms with Crippen LogP contribution in [0.4, 0.5) is 5.69 Å². The molecule has 0 aliphatic heterocycles. The first-order valence-electron chi connectivity index (χ1n) is 9.90. The maximum absolute atomic E-state index is 13.2. The first-order chi connectivity index (χ1) is 15.2. The largest absolute Gasteiger partial charge is 0.497 e. The number of hydrogen-bond donors (Lipinski definition) is 1.